The van der Waals surface area contributed by atoms with Gasteiger partial charge in [-0.3, -0.25) is 4.79 Å². The van der Waals surface area contributed by atoms with Gasteiger partial charge in [0.2, 0.25) is 0 Å². The summed E-state index contributed by atoms with van der Waals surface area (Å²) in [4.78, 5) is 12.1. The highest BCUT2D eigenvalue weighted by molar-refractivity contribution is 5.70. The predicted octanol–water partition coefficient (Wildman–Crippen LogP) is 1.24. The van der Waals surface area contributed by atoms with Crippen molar-refractivity contribution in [1.82, 2.24) is 0 Å². The lowest BCUT2D eigenvalue weighted by atomic mass is 10.1. The Kier molecular flexibility index (Phi) is 10.8. The molecule has 0 amide bonds. The summed E-state index contributed by atoms with van der Waals surface area (Å²) in [7, 11) is 4.58. The van der Waals surface area contributed by atoms with E-state index in [-0.39, 0.29) is 45.0 Å². The van der Waals surface area contributed by atoms with Gasteiger partial charge in [0.1, 0.15) is 38.7 Å². The normalized spacial score (nSPS) is 28.6. The van der Waals surface area contributed by atoms with E-state index in [0.29, 0.717) is 6.42 Å². The van der Waals surface area contributed by atoms with E-state index < -0.39 is 12.2 Å². The standard InChI is InChI=1S/C16H28O8/c1-12-7-13(21-9-18-2)5-6-14(22-10-19-3)15(23-11-20-4)8-16(17)24-12/h5-6,12-15H,7-11H2,1-4H3/t12-,13-,14+,15+/m1/s1. The van der Waals surface area contributed by atoms with Crippen molar-refractivity contribution in [2.24, 2.45) is 0 Å². The highest BCUT2D eigenvalue weighted by Crippen LogP contribution is 2.18. The summed E-state index contributed by atoms with van der Waals surface area (Å²) in [6, 6.07) is 0. The van der Waals surface area contributed by atoms with Gasteiger partial charge in [-0.2, -0.15) is 0 Å². The van der Waals surface area contributed by atoms with Gasteiger partial charge in [0.05, 0.1) is 12.5 Å². The zero-order valence-corrected chi connectivity index (χ0v) is 14.8. The van der Waals surface area contributed by atoms with Crippen LogP contribution in [0.15, 0.2) is 12.2 Å². The smallest absolute Gasteiger partial charge is 0.308 e. The van der Waals surface area contributed by atoms with E-state index in [1.165, 1.54) is 14.2 Å². The van der Waals surface area contributed by atoms with Crippen LogP contribution >= 0.6 is 0 Å². The Morgan fingerprint density at radius 2 is 1.62 bits per heavy atom. The third-order valence-corrected chi connectivity index (χ3v) is 3.32. The minimum absolute atomic E-state index is 0.0395. The SMILES string of the molecule is COCO[C@@H]1C=C[C@H](OCOC)[C@@H](OCOC)CC(=O)O[C@H](C)C1. The molecule has 0 N–H and O–H groups in total. The Bertz CT molecular complexity index is 373. The number of cyclic esters (lactones) is 1. The van der Waals surface area contributed by atoms with Crippen LogP contribution in [0, 0.1) is 0 Å². The Balaban J connectivity index is 2.91. The zero-order valence-electron chi connectivity index (χ0n) is 14.8. The second-order valence-electron chi connectivity index (χ2n) is 5.39. The average molecular weight is 348 g/mol. The molecular formula is C16H28O8. The van der Waals surface area contributed by atoms with Crippen LogP contribution in [-0.4, -0.2) is 72.1 Å². The lowest BCUT2D eigenvalue weighted by Gasteiger charge is -2.27. The number of hydrogen-bond acceptors (Lipinski definition) is 8. The molecule has 0 radical (unpaired) electrons. The monoisotopic (exact) mass is 348 g/mol. The van der Waals surface area contributed by atoms with Crippen molar-refractivity contribution in [3.63, 3.8) is 0 Å². The number of rotatable bonds is 9. The molecule has 0 aromatic carbocycles. The molecule has 0 saturated carbocycles. The van der Waals surface area contributed by atoms with Crippen molar-refractivity contribution in [3.05, 3.63) is 12.2 Å². The van der Waals surface area contributed by atoms with Gasteiger partial charge in [-0.15, -0.1) is 0 Å². The molecule has 0 spiro atoms. The number of carbonyl (C=O) groups excluding carboxylic acids is 1. The Morgan fingerprint density at radius 1 is 1.00 bits per heavy atom. The van der Waals surface area contributed by atoms with Crippen molar-refractivity contribution in [2.75, 3.05) is 41.7 Å². The molecule has 0 aromatic heterocycles. The van der Waals surface area contributed by atoms with Gasteiger partial charge in [-0.05, 0) is 6.92 Å². The van der Waals surface area contributed by atoms with Crippen molar-refractivity contribution in [2.45, 2.75) is 44.2 Å². The number of hydrogen-bond donors (Lipinski definition) is 0. The Hall–Kier alpha value is -1.03. The van der Waals surface area contributed by atoms with Crippen LogP contribution < -0.4 is 0 Å². The number of methoxy groups -OCH3 is 3. The van der Waals surface area contributed by atoms with Crippen LogP contribution in [0.1, 0.15) is 19.8 Å². The molecule has 4 atom stereocenters. The van der Waals surface area contributed by atoms with Crippen LogP contribution in [0.2, 0.25) is 0 Å². The van der Waals surface area contributed by atoms with Gasteiger partial charge in [-0.25, -0.2) is 0 Å². The number of esters is 1. The minimum atomic E-state index is -0.558. The largest absolute Gasteiger partial charge is 0.462 e. The van der Waals surface area contributed by atoms with E-state index in [9.17, 15) is 4.79 Å². The van der Waals surface area contributed by atoms with Crippen molar-refractivity contribution < 1.29 is 38.0 Å². The molecule has 1 aliphatic rings. The van der Waals surface area contributed by atoms with Gasteiger partial charge in [-0.1, -0.05) is 12.2 Å². The molecule has 8 nitrogen and oxygen atoms in total. The van der Waals surface area contributed by atoms with E-state index in [0.717, 1.165) is 0 Å². The molecule has 0 bridgehead atoms. The van der Waals surface area contributed by atoms with Crippen molar-refractivity contribution in [1.29, 1.82) is 0 Å². The molecule has 0 unspecified atom stereocenters. The molecule has 1 rings (SSSR count). The van der Waals surface area contributed by atoms with Gasteiger partial charge in [0.15, 0.2) is 0 Å². The van der Waals surface area contributed by atoms with Gasteiger partial charge in [0.25, 0.3) is 0 Å². The van der Waals surface area contributed by atoms with Crippen molar-refractivity contribution >= 4 is 5.97 Å². The predicted molar refractivity (Wildman–Crippen MR) is 84.2 cm³/mol. The van der Waals surface area contributed by atoms with Crippen LogP contribution in [0.4, 0.5) is 0 Å². The van der Waals surface area contributed by atoms with Crippen LogP contribution in [0.25, 0.3) is 0 Å². The van der Waals surface area contributed by atoms with E-state index in [4.69, 9.17) is 33.2 Å². The first-order chi connectivity index (χ1) is 11.6. The first kappa shape index (κ1) is 21.0. The van der Waals surface area contributed by atoms with Gasteiger partial charge in [0, 0.05) is 27.8 Å². The average Bonchev–Trinajstić information content (AvgIpc) is 2.55. The molecule has 0 aromatic rings. The number of carbonyl (C=O) groups is 1. The minimum Gasteiger partial charge on any atom is -0.462 e. The summed E-state index contributed by atoms with van der Waals surface area (Å²) in [5.41, 5.74) is 0. The van der Waals surface area contributed by atoms with E-state index in [1.807, 2.05) is 19.1 Å². The summed E-state index contributed by atoms with van der Waals surface area (Å²) in [5.74, 6) is -0.365. The summed E-state index contributed by atoms with van der Waals surface area (Å²) in [6.45, 7) is 2.07. The molecule has 1 aliphatic heterocycles. The second kappa shape index (κ2) is 12.3. The Labute approximate surface area is 142 Å². The quantitative estimate of drug-likeness (QED) is 0.350. The second-order valence-corrected chi connectivity index (χ2v) is 5.39. The highest BCUT2D eigenvalue weighted by Gasteiger charge is 2.28. The lowest BCUT2D eigenvalue weighted by molar-refractivity contribution is -0.169. The summed E-state index contributed by atoms with van der Waals surface area (Å²) >= 11 is 0. The first-order valence-corrected chi connectivity index (χ1v) is 7.80. The first-order valence-electron chi connectivity index (χ1n) is 7.80. The van der Waals surface area contributed by atoms with Crippen LogP contribution in [0.3, 0.4) is 0 Å². The topological polar surface area (TPSA) is 81.7 Å². The summed E-state index contributed by atoms with van der Waals surface area (Å²) < 4.78 is 37.0. The molecule has 1 heterocycles. The molecule has 8 heteroatoms. The fourth-order valence-electron chi connectivity index (χ4n) is 2.26. The van der Waals surface area contributed by atoms with Crippen LogP contribution in [0.5, 0.6) is 0 Å². The van der Waals surface area contributed by atoms with Crippen molar-refractivity contribution in [3.8, 4) is 0 Å². The molecule has 0 fully saturated rings. The number of ether oxygens (including phenoxy) is 7. The van der Waals surface area contributed by atoms with Gasteiger partial charge >= 0.3 is 5.97 Å². The maximum absolute atomic E-state index is 12.1. The summed E-state index contributed by atoms with van der Waals surface area (Å²) in [5, 5.41) is 0. The molecule has 24 heavy (non-hydrogen) atoms. The molecule has 0 aliphatic carbocycles. The van der Waals surface area contributed by atoms with Crippen LogP contribution in [-0.2, 0) is 38.0 Å². The highest BCUT2D eigenvalue weighted by atomic mass is 16.7. The molecule has 140 valence electrons. The third-order valence-electron chi connectivity index (χ3n) is 3.32. The third kappa shape index (κ3) is 8.18. The van der Waals surface area contributed by atoms with E-state index in [2.05, 4.69) is 0 Å². The fraction of sp³-hybridized carbons (Fsp3) is 0.812. The van der Waals surface area contributed by atoms with Gasteiger partial charge < -0.3 is 33.2 Å². The summed E-state index contributed by atoms with van der Waals surface area (Å²) in [6.07, 6.45) is 2.61. The fourth-order valence-corrected chi connectivity index (χ4v) is 2.26. The molecular weight excluding hydrogens is 320 g/mol. The maximum Gasteiger partial charge on any atom is 0.308 e. The zero-order chi connectivity index (χ0) is 17.8. The Morgan fingerprint density at radius 3 is 2.29 bits per heavy atom. The van der Waals surface area contributed by atoms with E-state index in [1.54, 1.807) is 7.11 Å². The maximum atomic E-state index is 12.1. The molecule has 0 saturated heterocycles. The van der Waals surface area contributed by atoms with E-state index >= 15 is 0 Å². The lowest BCUT2D eigenvalue weighted by Crippen LogP contribution is -2.36.